The van der Waals surface area contributed by atoms with E-state index in [1.54, 1.807) is 6.07 Å². The van der Waals surface area contributed by atoms with Crippen molar-refractivity contribution in [3.8, 4) is 0 Å². The van der Waals surface area contributed by atoms with Gasteiger partial charge in [-0.3, -0.25) is 9.69 Å². The number of halogens is 3. The lowest BCUT2D eigenvalue weighted by Crippen LogP contribution is -2.40. The van der Waals surface area contributed by atoms with Crippen molar-refractivity contribution in [1.29, 1.82) is 0 Å². The number of primary amides is 1. The minimum Gasteiger partial charge on any atom is -0.369 e. The predicted molar refractivity (Wildman–Crippen MR) is 78.1 cm³/mol. The molecule has 0 unspecified atom stereocenters. The van der Waals surface area contributed by atoms with Crippen LogP contribution in [0.1, 0.15) is 30.4 Å². The van der Waals surface area contributed by atoms with Crippen LogP contribution in [0.3, 0.4) is 0 Å². The van der Waals surface area contributed by atoms with E-state index in [0.717, 1.165) is 38.4 Å². The third-order valence-corrected chi connectivity index (χ3v) is 4.08. The van der Waals surface area contributed by atoms with E-state index in [0.29, 0.717) is 17.9 Å². The first-order valence-electron chi connectivity index (χ1n) is 7.51. The van der Waals surface area contributed by atoms with Crippen molar-refractivity contribution < 1.29 is 18.0 Å². The largest absolute Gasteiger partial charge is 0.416 e. The molecule has 2 N–H and O–H groups in total. The van der Waals surface area contributed by atoms with Crippen molar-refractivity contribution in [2.75, 3.05) is 19.6 Å². The van der Waals surface area contributed by atoms with Crippen molar-refractivity contribution >= 4 is 5.91 Å². The van der Waals surface area contributed by atoms with Crippen molar-refractivity contribution in [2.24, 2.45) is 11.7 Å². The zero-order valence-corrected chi connectivity index (χ0v) is 12.4. The fraction of sp³-hybridized carbons (Fsp3) is 0.562. The molecule has 0 bridgehead atoms. The second-order valence-corrected chi connectivity index (χ2v) is 5.95. The highest BCUT2D eigenvalue weighted by molar-refractivity contribution is 5.75. The molecule has 0 aromatic heterocycles. The quantitative estimate of drug-likeness (QED) is 0.908. The van der Waals surface area contributed by atoms with Crippen LogP contribution >= 0.6 is 0 Å². The van der Waals surface area contributed by atoms with E-state index in [1.165, 1.54) is 12.1 Å². The van der Waals surface area contributed by atoms with E-state index >= 15 is 0 Å². The van der Waals surface area contributed by atoms with E-state index < -0.39 is 11.7 Å². The maximum Gasteiger partial charge on any atom is 0.416 e. The molecule has 1 aliphatic rings. The number of alkyl halides is 3. The standard InChI is InChI=1S/C16H21F3N2O/c17-16(18,19)14-5-1-3-12(9-14)6-7-13-4-2-8-21(10-13)11-15(20)22/h1,3,5,9,13H,2,4,6-8,10-11H2,(H2,20,22)/t13-/m0/s1. The van der Waals surface area contributed by atoms with Crippen molar-refractivity contribution in [3.05, 3.63) is 35.4 Å². The van der Waals surface area contributed by atoms with Gasteiger partial charge in [-0.25, -0.2) is 0 Å². The first-order valence-corrected chi connectivity index (χ1v) is 7.51. The molecule has 6 heteroatoms. The Balaban J connectivity index is 1.88. The maximum absolute atomic E-state index is 12.7. The van der Waals surface area contributed by atoms with E-state index in [2.05, 4.69) is 0 Å². The van der Waals surface area contributed by atoms with Crippen molar-refractivity contribution in [1.82, 2.24) is 4.90 Å². The third kappa shape index (κ3) is 5.02. The summed E-state index contributed by atoms with van der Waals surface area (Å²) in [6.45, 7) is 1.92. The van der Waals surface area contributed by atoms with Crippen LogP contribution in [0.2, 0.25) is 0 Å². The monoisotopic (exact) mass is 314 g/mol. The predicted octanol–water partition coefficient (Wildman–Crippen LogP) is 2.84. The molecule has 0 saturated carbocycles. The van der Waals surface area contributed by atoms with Gasteiger partial charge in [0, 0.05) is 6.54 Å². The molecule has 0 aliphatic carbocycles. The molecule has 122 valence electrons. The van der Waals surface area contributed by atoms with Gasteiger partial charge in [-0.1, -0.05) is 18.2 Å². The molecule has 1 aliphatic heterocycles. The number of nitrogens with two attached hydrogens (primary N) is 1. The summed E-state index contributed by atoms with van der Waals surface area (Å²) < 4.78 is 38.1. The Bertz CT molecular complexity index is 516. The van der Waals surface area contributed by atoms with Crippen LogP contribution < -0.4 is 5.73 Å². The summed E-state index contributed by atoms with van der Waals surface area (Å²) in [5.41, 5.74) is 5.32. The van der Waals surface area contributed by atoms with Gasteiger partial charge in [0.15, 0.2) is 0 Å². The van der Waals surface area contributed by atoms with E-state index in [4.69, 9.17) is 5.73 Å². The minimum absolute atomic E-state index is 0.264. The average Bonchev–Trinajstić information content (AvgIpc) is 2.44. The third-order valence-electron chi connectivity index (χ3n) is 4.08. The van der Waals surface area contributed by atoms with Crippen LogP contribution in [0.5, 0.6) is 0 Å². The number of aryl methyl sites for hydroxylation is 1. The average molecular weight is 314 g/mol. The highest BCUT2D eigenvalue weighted by Crippen LogP contribution is 2.30. The molecule has 2 rings (SSSR count). The molecule has 1 saturated heterocycles. The summed E-state index contributed by atoms with van der Waals surface area (Å²) in [6.07, 6.45) is -0.788. The van der Waals surface area contributed by atoms with Gasteiger partial charge in [-0.2, -0.15) is 13.2 Å². The number of amides is 1. The molecule has 22 heavy (non-hydrogen) atoms. The molecular weight excluding hydrogens is 293 g/mol. The molecule has 1 aromatic carbocycles. The van der Waals surface area contributed by atoms with Crippen LogP contribution in [0, 0.1) is 5.92 Å². The lowest BCUT2D eigenvalue weighted by molar-refractivity contribution is -0.137. The Morgan fingerprint density at radius 1 is 1.36 bits per heavy atom. The maximum atomic E-state index is 12.7. The number of carbonyl (C=O) groups excluding carboxylic acids is 1. The number of benzene rings is 1. The zero-order valence-electron chi connectivity index (χ0n) is 12.4. The zero-order chi connectivity index (χ0) is 16.2. The Kier molecular flexibility index (Phi) is 5.45. The second-order valence-electron chi connectivity index (χ2n) is 5.95. The van der Waals surface area contributed by atoms with Gasteiger partial charge in [0.05, 0.1) is 12.1 Å². The smallest absolute Gasteiger partial charge is 0.369 e. The molecular formula is C16H21F3N2O. The summed E-state index contributed by atoms with van der Waals surface area (Å²) in [4.78, 5) is 13.0. The molecule has 1 fully saturated rings. The molecule has 3 nitrogen and oxygen atoms in total. The number of hydrogen-bond donors (Lipinski definition) is 1. The Hall–Kier alpha value is -1.56. The molecule has 1 heterocycles. The molecule has 1 atom stereocenters. The minimum atomic E-state index is -4.29. The van der Waals surface area contributed by atoms with Crippen LogP contribution in [0.4, 0.5) is 13.2 Å². The summed E-state index contributed by atoms with van der Waals surface area (Å²) in [5, 5.41) is 0. The highest BCUT2D eigenvalue weighted by Gasteiger charge is 2.30. The van der Waals surface area contributed by atoms with Crippen LogP contribution in [-0.2, 0) is 17.4 Å². The van der Waals surface area contributed by atoms with Gasteiger partial charge in [-0.05, 0) is 49.8 Å². The summed E-state index contributed by atoms with van der Waals surface area (Å²) in [6, 6.07) is 5.51. The first kappa shape index (κ1) is 16.8. The Morgan fingerprint density at radius 3 is 2.82 bits per heavy atom. The van der Waals surface area contributed by atoms with Crippen LogP contribution in [0.25, 0.3) is 0 Å². The Labute approximate surface area is 128 Å². The molecule has 1 amide bonds. The highest BCUT2D eigenvalue weighted by atomic mass is 19.4. The summed E-state index contributed by atoms with van der Waals surface area (Å²) in [5.74, 6) is 0.0705. The van der Waals surface area contributed by atoms with Crippen LogP contribution in [-0.4, -0.2) is 30.4 Å². The van der Waals surface area contributed by atoms with Gasteiger partial charge in [-0.15, -0.1) is 0 Å². The second kappa shape index (κ2) is 7.13. The molecule has 0 spiro atoms. The fourth-order valence-corrected chi connectivity index (χ4v) is 3.02. The van der Waals surface area contributed by atoms with E-state index in [1.807, 2.05) is 4.90 Å². The van der Waals surface area contributed by atoms with Crippen molar-refractivity contribution in [2.45, 2.75) is 31.9 Å². The fourth-order valence-electron chi connectivity index (χ4n) is 3.02. The topological polar surface area (TPSA) is 46.3 Å². The number of hydrogen-bond acceptors (Lipinski definition) is 2. The number of nitrogens with zero attached hydrogens (tertiary/aromatic N) is 1. The van der Waals surface area contributed by atoms with Gasteiger partial charge >= 0.3 is 6.18 Å². The van der Waals surface area contributed by atoms with Gasteiger partial charge < -0.3 is 5.73 Å². The number of carbonyl (C=O) groups is 1. The molecule has 1 aromatic rings. The number of likely N-dealkylation sites (tertiary alicyclic amines) is 1. The number of piperidine rings is 1. The number of rotatable bonds is 5. The van der Waals surface area contributed by atoms with Crippen LogP contribution in [0.15, 0.2) is 24.3 Å². The van der Waals surface area contributed by atoms with Gasteiger partial charge in [0.25, 0.3) is 0 Å². The summed E-state index contributed by atoms with van der Waals surface area (Å²) in [7, 11) is 0. The molecule has 0 radical (unpaired) electrons. The van der Waals surface area contributed by atoms with Gasteiger partial charge in [0.1, 0.15) is 0 Å². The lowest BCUT2D eigenvalue weighted by atomic mass is 9.91. The lowest BCUT2D eigenvalue weighted by Gasteiger charge is -2.31. The van der Waals surface area contributed by atoms with Crippen molar-refractivity contribution in [3.63, 3.8) is 0 Å². The summed E-state index contributed by atoms with van der Waals surface area (Å²) >= 11 is 0. The normalized spacial score (nSPS) is 20.0. The first-order chi connectivity index (χ1) is 10.3. The SMILES string of the molecule is NC(=O)CN1CCC[C@@H](CCc2cccc(C(F)(F)F)c2)C1. The van der Waals surface area contributed by atoms with Gasteiger partial charge in [0.2, 0.25) is 5.91 Å². The Morgan fingerprint density at radius 2 is 2.14 bits per heavy atom. The van der Waals surface area contributed by atoms with E-state index in [-0.39, 0.29) is 12.5 Å². The van der Waals surface area contributed by atoms with E-state index in [9.17, 15) is 18.0 Å².